The molecular formula is C18H20N2O4S. The Morgan fingerprint density at radius 2 is 1.76 bits per heavy atom. The Kier molecular flexibility index (Phi) is 6.71. The molecule has 0 aliphatic carbocycles. The Morgan fingerprint density at radius 3 is 2.32 bits per heavy atom. The van der Waals surface area contributed by atoms with E-state index in [0.717, 1.165) is 0 Å². The summed E-state index contributed by atoms with van der Waals surface area (Å²) >= 11 is 1.25. The number of rotatable bonds is 7. The number of ether oxygens (including phenoxy) is 1. The zero-order valence-corrected chi connectivity index (χ0v) is 15.0. The van der Waals surface area contributed by atoms with Crippen LogP contribution in [0, 0.1) is 0 Å². The van der Waals surface area contributed by atoms with Crippen LogP contribution in [-0.2, 0) is 9.53 Å². The summed E-state index contributed by atoms with van der Waals surface area (Å²) < 4.78 is 4.94. The minimum Gasteiger partial charge on any atom is -0.451 e. The molecule has 1 aromatic heterocycles. The number of carbonyl (C=O) groups is 3. The van der Waals surface area contributed by atoms with Crippen molar-refractivity contribution in [3.8, 4) is 0 Å². The van der Waals surface area contributed by atoms with E-state index in [1.54, 1.807) is 46.7 Å². The first-order valence-corrected chi connectivity index (χ1v) is 8.83. The summed E-state index contributed by atoms with van der Waals surface area (Å²) in [4.78, 5) is 37.9. The van der Waals surface area contributed by atoms with Crippen LogP contribution in [0.3, 0.4) is 0 Å². The number of anilines is 1. The van der Waals surface area contributed by atoms with Gasteiger partial charge in [0.15, 0.2) is 6.61 Å². The van der Waals surface area contributed by atoms with Crippen LogP contribution in [0.25, 0.3) is 0 Å². The van der Waals surface area contributed by atoms with E-state index in [-0.39, 0.29) is 12.5 Å². The molecule has 0 saturated heterocycles. The van der Waals surface area contributed by atoms with E-state index in [4.69, 9.17) is 4.74 Å². The van der Waals surface area contributed by atoms with Gasteiger partial charge in [-0.1, -0.05) is 6.07 Å². The average molecular weight is 360 g/mol. The Labute approximate surface area is 150 Å². The van der Waals surface area contributed by atoms with Crippen LogP contribution in [0.5, 0.6) is 0 Å². The van der Waals surface area contributed by atoms with Gasteiger partial charge in [-0.15, -0.1) is 11.3 Å². The first-order valence-electron chi connectivity index (χ1n) is 7.95. The highest BCUT2D eigenvalue weighted by atomic mass is 32.1. The van der Waals surface area contributed by atoms with Gasteiger partial charge in [0, 0.05) is 24.3 Å². The summed E-state index contributed by atoms with van der Waals surface area (Å²) in [7, 11) is 0. The standard InChI is InChI=1S/C18H20N2O4S/c1-3-20(4-2)17(22)13-7-9-14(10-8-13)19-16(21)12-24-18(23)15-6-5-11-25-15/h5-11H,3-4,12H2,1-2H3,(H,19,21). The van der Waals surface area contributed by atoms with Crippen LogP contribution in [0.15, 0.2) is 41.8 Å². The summed E-state index contributed by atoms with van der Waals surface area (Å²) in [5.74, 6) is -1.01. The molecule has 0 atom stereocenters. The van der Waals surface area contributed by atoms with Gasteiger partial charge in [0.1, 0.15) is 4.88 Å². The Morgan fingerprint density at radius 1 is 1.08 bits per heavy atom. The Hall–Kier alpha value is -2.67. The van der Waals surface area contributed by atoms with Crippen LogP contribution in [-0.4, -0.2) is 42.4 Å². The fourth-order valence-corrected chi connectivity index (χ4v) is 2.80. The second-order valence-electron chi connectivity index (χ2n) is 5.16. The molecule has 0 aliphatic heterocycles. The van der Waals surface area contributed by atoms with Gasteiger partial charge in [-0.25, -0.2) is 4.79 Å². The van der Waals surface area contributed by atoms with E-state index in [0.29, 0.717) is 29.2 Å². The molecule has 0 spiro atoms. The van der Waals surface area contributed by atoms with Crippen molar-refractivity contribution >= 4 is 34.8 Å². The van der Waals surface area contributed by atoms with Crippen molar-refractivity contribution in [3.63, 3.8) is 0 Å². The van der Waals surface area contributed by atoms with Gasteiger partial charge in [-0.3, -0.25) is 9.59 Å². The fraction of sp³-hybridized carbons (Fsp3) is 0.278. The predicted octanol–water partition coefficient (Wildman–Crippen LogP) is 3.03. The molecule has 2 aromatic rings. The Bertz CT molecular complexity index is 722. The smallest absolute Gasteiger partial charge is 0.348 e. The molecule has 2 rings (SSSR count). The highest BCUT2D eigenvalue weighted by Gasteiger charge is 2.13. The third-order valence-electron chi connectivity index (χ3n) is 3.52. The third kappa shape index (κ3) is 5.15. The number of nitrogens with zero attached hydrogens (tertiary/aromatic N) is 1. The van der Waals surface area contributed by atoms with Crippen molar-refractivity contribution in [2.75, 3.05) is 25.0 Å². The largest absolute Gasteiger partial charge is 0.451 e. The van der Waals surface area contributed by atoms with E-state index in [1.807, 2.05) is 13.8 Å². The first-order chi connectivity index (χ1) is 12.0. The number of nitrogens with one attached hydrogen (secondary N) is 1. The summed E-state index contributed by atoms with van der Waals surface area (Å²) in [5, 5.41) is 4.39. The number of esters is 1. The molecule has 25 heavy (non-hydrogen) atoms. The van der Waals surface area contributed by atoms with Crippen LogP contribution >= 0.6 is 11.3 Å². The van der Waals surface area contributed by atoms with Gasteiger partial charge in [-0.2, -0.15) is 0 Å². The topological polar surface area (TPSA) is 75.7 Å². The second-order valence-corrected chi connectivity index (χ2v) is 6.10. The lowest BCUT2D eigenvalue weighted by Crippen LogP contribution is -2.30. The van der Waals surface area contributed by atoms with Gasteiger partial charge in [0.25, 0.3) is 11.8 Å². The maximum Gasteiger partial charge on any atom is 0.348 e. The highest BCUT2D eigenvalue weighted by Crippen LogP contribution is 2.12. The van der Waals surface area contributed by atoms with Gasteiger partial charge >= 0.3 is 5.97 Å². The molecule has 0 fully saturated rings. The zero-order chi connectivity index (χ0) is 18.2. The summed E-state index contributed by atoms with van der Waals surface area (Å²) in [6.07, 6.45) is 0. The number of hydrogen-bond acceptors (Lipinski definition) is 5. The zero-order valence-electron chi connectivity index (χ0n) is 14.2. The number of thiophene rings is 1. The second kappa shape index (κ2) is 8.98. The van der Waals surface area contributed by atoms with Crippen LogP contribution in [0.4, 0.5) is 5.69 Å². The molecule has 0 aliphatic rings. The van der Waals surface area contributed by atoms with Gasteiger partial charge in [0.05, 0.1) is 0 Å². The molecule has 7 heteroatoms. The summed E-state index contributed by atoms with van der Waals surface area (Å²) in [6, 6.07) is 9.99. The molecule has 1 heterocycles. The number of carbonyl (C=O) groups excluding carboxylic acids is 3. The quantitative estimate of drug-likeness (QED) is 0.770. The minimum absolute atomic E-state index is 0.0484. The van der Waals surface area contributed by atoms with Gasteiger partial charge < -0.3 is 15.0 Å². The Balaban J connectivity index is 1.87. The van der Waals surface area contributed by atoms with E-state index in [2.05, 4.69) is 5.32 Å². The molecule has 0 unspecified atom stereocenters. The maximum atomic E-state index is 12.2. The van der Waals surface area contributed by atoms with Crippen LogP contribution in [0.1, 0.15) is 33.9 Å². The molecule has 0 bridgehead atoms. The summed E-state index contributed by atoms with van der Waals surface area (Å²) in [5.41, 5.74) is 1.10. The van der Waals surface area contributed by atoms with Crippen molar-refractivity contribution in [1.29, 1.82) is 0 Å². The van der Waals surface area contributed by atoms with E-state index in [9.17, 15) is 14.4 Å². The average Bonchev–Trinajstić information content (AvgIpc) is 3.16. The molecule has 2 amide bonds. The van der Waals surface area contributed by atoms with Crippen molar-refractivity contribution in [3.05, 3.63) is 52.2 Å². The van der Waals surface area contributed by atoms with Crippen molar-refractivity contribution < 1.29 is 19.1 Å². The lowest BCUT2D eigenvalue weighted by molar-refractivity contribution is -0.119. The van der Waals surface area contributed by atoms with Crippen molar-refractivity contribution in [2.45, 2.75) is 13.8 Å². The number of benzene rings is 1. The summed E-state index contributed by atoms with van der Waals surface area (Å²) in [6.45, 7) is 4.77. The first kappa shape index (κ1) is 18.7. The molecule has 132 valence electrons. The van der Waals surface area contributed by atoms with Crippen LogP contribution < -0.4 is 5.32 Å². The van der Waals surface area contributed by atoms with Crippen molar-refractivity contribution in [2.24, 2.45) is 0 Å². The fourth-order valence-electron chi connectivity index (χ4n) is 2.18. The van der Waals surface area contributed by atoms with E-state index in [1.165, 1.54) is 11.3 Å². The maximum absolute atomic E-state index is 12.2. The molecule has 0 saturated carbocycles. The lowest BCUT2D eigenvalue weighted by Gasteiger charge is -2.18. The molecule has 6 nitrogen and oxygen atoms in total. The normalized spacial score (nSPS) is 10.2. The van der Waals surface area contributed by atoms with Crippen LogP contribution in [0.2, 0.25) is 0 Å². The van der Waals surface area contributed by atoms with Gasteiger partial charge in [0.2, 0.25) is 0 Å². The third-order valence-corrected chi connectivity index (χ3v) is 4.37. The molecule has 1 N–H and O–H groups in total. The number of hydrogen-bond donors (Lipinski definition) is 1. The minimum atomic E-state index is -0.523. The molecule has 0 radical (unpaired) electrons. The lowest BCUT2D eigenvalue weighted by atomic mass is 10.2. The monoisotopic (exact) mass is 360 g/mol. The molecular weight excluding hydrogens is 340 g/mol. The predicted molar refractivity (Wildman–Crippen MR) is 96.9 cm³/mol. The van der Waals surface area contributed by atoms with E-state index < -0.39 is 11.9 Å². The highest BCUT2D eigenvalue weighted by molar-refractivity contribution is 7.11. The van der Waals surface area contributed by atoms with Crippen molar-refractivity contribution in [1.82, 2.24) is 4.90 Å². The van der Waals surface area contributed by atoms with E-state index >= 15 is 0 Å². The van der Waals surface area contributed by atoms with Gasteiger partial charge in [-0.05, 0) is 49.6 Å². The number of amides is 2. The SMILES string of the molecule is CCN(CC)C(=O)c1ccc(NC(=O)COC(=O)c2cccs2)cc1. The molecule has 1 aromatic carbocycles.